The minimum absolute atomic E-state index is 0.218. The zero-order chi connectivity index (χ0) is 17.2. The van der Waals surface area contributed by atoms with Gasteiger partial charge >= 0.3 is 5.69 Å². The standard InChI is InChI=1S/C15H21FN4O3/c1-15(2,3)10-8-12(20-14(21)19(4)17-18-20)13(9-11(10)16)23-7-6-22-5/h8-9H,6-7H2,1-5H3. The molecule has 0 radical (unpaired) electrons. The molecule has 0 aliphatic carbocycles. The average molecular weight is 324 g/mol. The van der Waals surface area contributed by atoms with E-state index in [2.05, 4.69) is 10.4 Å². The van der Waals surface area contributed by atoms with Gasteiger partial charge in [-0.2, -0.15) is 9.36 Å². The van der Waals surface area contributed by atoms with Gasteiger partial charge in [-0.25, -0.2) is 9.18 Å². The Morgan fingerprint density at radius 1 is 1.22 bits per heavy atom. The smallest absolute Gasteiger partial charge is 0.368 e. The third-order valence-electron chi connectivity index (χ3n) is 3.35. The Morgan fingerprint density at radius 2 is 1.91 bits per heavy atom. The number of halogens is 1. The van der Waals surface area contributed by atoms with Crippen molar-refractivity contribution in [2.24, 2.45) is 7.05 Å². The highest BCUT2D eigenvalue weighted by Crippen LogP contribution is 2.32. The van der Waals surface area contributed by atoms with Crippen LogP contribution in [0.3, 0.4) is 0 Å². The molecule has 126 valence electrons. The number of nitrogens with zero attached hydrogens (tertiary/aromatic N) is 4. The Labute approximate surface area is 133 Å². The van der Waals surface area contributed by atoms with Gasteiger partial charge in [-0.1, -0.05) is 20.8 Å². The SMILES string of the molecule is COCCOc1cc(F)c(C(C)(C)C)cc1-n1nnn(C)c1=O. The second kappa shape index (κ2) is 6.49. The van der Waals surface area contributed by atoms with E-state index in [0.717, 1.165) is 9.36 Å². The van der Waals surface area contributed by atoms with Crippen molar-refractivity contribution < 1.29 is 13.9 Å². The van der Waals surface area contributed by atoms with Crippen LogP contribution in [0.4, 0.5) is 4.39 Å². The van der Waals surface area contributed by atoms with Crippen molar-refractivity contribution in [3.05, 3.63) is 34.0 Å². The number of ether oxygens (including phenoxy) is 2. The van der Waals surface area contributed by atoms with Crippen LogP contribution in [-0.4, -0.2) is 40.1 Å². The molecular formula is C15H21FN4O3. The van der Waals surface area contributed by atoms with Gasteiger partial charge in [0, 0.05) is 20.2 Å². The molecular weight excluding hydrogens is 303 g/mol. The molecule has 23 heavy (non-hydrogen) atoms. The maximum absolute atomic E-state index is 14.4. The van der Waals surface area contributed by atoms with Crippen LogP contribution in [0.5, 0.6) is 5.75 Å². The van der Waals surface area contributed by atoms with Crippen LogP contribution in [0.15, 0.2) is 16.9 Å². The highest BCUT2D eigenvalue weighted by molar-refractivity contribution is 5.50. The van der Waals surface area contributed by atoms with Crippen molar-refractivity contribution in [2.75, 3.05) is 20.3 Å². The minimum Gasteiger partial charge on any atom is -0.489 e. The molecule has 0 aliphatic heterocycles. The Morgan fingerprint density at radius 3 is 2.43 bits per heavy atom. The van der Waals surface area contributed by atoms with Crippen LogP contribution >= 0.6 is 0 Å². The lowest BCUT2D eigenvalue weighted by Crippen LogP contribution is -2.24. The number of methoxy groups -OCH3 is 1. The third-order valence-corrected chi connectivity index (χ3v) is 3.35. The van der Waals surface area contributed by atoms with Gasteiger partial charge in [0.15, 0.2) is 0 Å². The third kappa shape index (κ3) is 3.58. The lowest BCUT2D eigenvalue weighted by atomic mass is 9.86. The lowest BCUT2D eigenvalue weighted by Gasteiger charge is -2.22. The minimum atomic E-state index is -0.437. The van der Waals surface area contributed by atoms with E-state index in [1.165, 1.54) is 13.1 Å². The van der Waals surface area contributed by atoms with Gasteiger partial charge < -0.3 is 9.47 Å². The summed E-state index contributed by atoms with van der Waals surface area (Å²) in [4.78, 5) is 12.1. The van der Waals surface area contributed by atoms with Gasteiger partial charge in [0.1, 0.15) is 23.9 Å². The molecule has 1 aromatic carbocycles. The first kappa shape index (κ1) is 17.1. The van der Waals surface area contributed by atoms with Crippen molar-refractivity contribution in [1.29, 1.82) is 0 Å². The van der Waals surface area contributed by atoms with Gasteiger partial charge in [-0.15, -0.1) is 0 Å². The van der Waals surface area contributed by atoms with Crippen molar-refractivity contribution in [3.8, 4) is 11.4 Å². The van der Waals surface area contributed by atoms with Crippen LogP contribution in [0.1, 0.15) is 26.3 Å². The fourth-order valence-electron chi connectivity index (χ4n) is 2.10. The number of aryl methyl sites for hydroxylation is 1. The van der Waals surface area contributed by atoms with Crippen molar-refractivity contribution in [3.63, 3.8) is 0 Å². The van der Waals surface area contributed by atoms with Gasteiger partial charge in [-0.3, -0.25) is 0 Å². The maximum atomic E-state index is 14.4. The molecule has 0 amide bonds. The van der Waals surface area contributed by atoms with Crippen LogP contribution in [0, 0.1) is 5.82 Å². The molecule has 0 unspecified atom stereocenters. The molecule has 8 heteroatoms. The quantitative estimate of drug-likeness (QED) is 0.778. The monoisotopic (exact) mass is 324 g/mol. The number of rotatable bonds is 5. The molecule has 0 atom stereocenters. The summed E-state index contributed by atoms with van der Waals surface area (Å²) in [5.41, 5.74) is -0.0573. The Kier molecular flexibility index (Phi) is 4.84. The zero-order valence-electron chi connectivity index (χ0n) is 14.0. The molecule has 0 bridgehead atoms. The molecule has 0 fully saturated rings. The number of benzene rings is 1. The number of hydrogen-bond acceptors (Lipinski definition) is 5. The fourth-order valence-corrected chi connectivity index (χ4v) is 2.10. The summed E-state index contributed by atoms with van der Waals surface area (Å²) >= 11 is 0. The Bertz CT molecular complexity index is 746. The van der Waals surface area contributed by atoms with E-state index in [1.807, 2.05) is 20.8 Å². The van der Waals surface area contributed by atoms with E-state index < -0.39 is 16.9 Å². The first-order chi connectivity index (χ1) is 10.8. The second-order valence-corrected chi connectivity index (χ2v) is 6.19. The number of aromatic nitrogens is 4. The molecule has 1 heterocycles. The zero-order valence-corrected chi connectivity index (χ0v) is 14.0. The summed E-state index contributed by atoms with van der Waals surface area (Å²) in [6.45, 7) is 6.24. The highest BCUT2D eigenvalue weighted by atomic mass is 19.1. The van der Waals surface area contributed by atoms with Gasteiger partial charge in [0.25, 0.3) is 0 Å². The molecule has 2 aromatic rings. The average Bonchev–Trinajstić information content (AvgIpc) is 2.78. The van der Waals surface area contributed by atoms with Crippen molar-refractivity contribution in [1.82, 2.24) is 19.8 Å². The topological polar surface area (TPSA) is 71.2 Å². The molecule has 2 rings (SSSR count). The van der Waals surface area contributed by atoms with Gasteiger partial charge in [0.2, 0.25) is 0 Å². The molecule has 0 spiro atoms. The number of hydrogen-bond donors (Lipinski definition) is 0. The Hall–Kier alpha value is -2.22. The number of tetrazole rings is 1. The van der Waals surface area contributed by atoms with Crippen LogP contribution in [0.25, 0.3) is 5.69 Å². The van der Waals surface area contributed by atoms with E-state index in [-0.39, 0.29) is 12.4 Å². The summed E-state index contributed by atoms with van der Waals surface area (Å²) in [5, 5.41) is 7.50. The second-order valence-electron chi connectivity index (χ2n) is 6.19. The van der Waals surface area contributed by atoms with Gasteiger partial charge in [-0.05, 0) is 27.5 Å². The maximum Gasteiger partial charge on any atom is 0.368 e. The first-order valence-electron chi connectivity index (χ1n) is 7.21. The van der Waals surface area contributed by atoms with Crippen molar-refractivity contribution >= 4 is 0 Å². The van der Waals surface area contributed by atoms with E-state index >= 15 is 0 Å². The molecule has 0 saturated heterocycles. The molecule has 1 aromatic heterocycles. The summed E-state index contributed by atoms with van der Waals surface area (Å²) < 4.78 is 27.1. The van der Waals surface area contributed by atoms with Gasteiger partial charge in [0.05, 0.1) is 6.61 Å². The summed E-state index contributed by atoms with van der Waals surface area (Å²) in [6.07, 6.45) is 0. The highest BCUT2D eigenvalue weighted by Gasteiger charge is 2.23. The van der Waals surface area contributed by atoms with Crippen LogP contribution in [-0.2, 0) is 17.2 Å². The van der Waals surface area contributed by atoms with E-state index in [9.17, 15) is 9.18 Å². The van der Waals surface area contributed by atoms with Crippen LogP contribution in [0.2, 0.25) is 0 Å². The fraction of sp³-hybridized carbons (Fsp3) is 0.533. The molecule has 0 N–H and O–H groups in total. The summed E-state index contributed by atoms with van der Waals surface area (Å²) in [5.74, 6) is -0.180. The molecule has 0 saturated carbocycles. The first-order valence-corrected chi connectivity index (χ1v) is 7.21. The van der Waals surface area contributed by atoms with E-state index in [1.54, 1.807) is 13.2 Å². The summed E-state index contributed by atoms with van der Waals surface area (Å²) in [6, 6.07) is 2.85. The molecule has 0 aliphatic rings. The molecule has 7 nitrogen and oxygen atoms in total. The van der Waals surface area contributed by atoms with Crippen molar-refractivity contribution in [2.45, 2.75) is 26.2 Å². The van der Waals surface area contributed by atoms with Crippen LogP contribution < -0.4 is 10.4 Å². The Balaban J connectivity index is 2.59. The largest absolute Gasteiger partial charge is 0.489 e. The van der Waals surface area contributed by atoms with E-state index in [4.69, 9.17) is 9.47 Å². The normalized spacial score (nSPS) is 11.7. The predicted octanol–water partition coefficient (Wildman–Crippen LogP) is 1.43. The lowest BCUT2D eigenvalue weighted by molar-refractivity contribution is 0.146. The predicted molar refractivity (Wildman–Crippen MR) is 82.6 cm³/mol. The summed E-state index contributed by atoms with van der Waals surface area (Å²) in [7, 11) is 3.03. The van der Waals surface area contributed by atoms with E-state index in [0.29, 0.717) is 17.9 Å².